The molecule has 27 heavy (non-hydrogen) atoms. The van der Waals surface area contributed by atoms with Crippen LogP contribution in [-0.4, -0.2) is 10.5 Å². The van der Waals surface area contributed by atoms with E-state index in [9.17, 15) is 9.59 Å². The first-order valence-electron chi connectivity index (χ1n) is 8.85. The van der Waals surface area contributed by atoms with E-state index in [-0.39, 0.29) is 16.9 Å². The predicted octanol–water partition coefficient (Wildman–Crippen LogP) is 5.26. The van der Waals surface area contributed by atoms with Gasteiger partial charge in [-0.15, -0.1) is 0 Å². The topological polar surface area (TPSA) is 51.1 Å². The normalized spacial score (nSPS) is 11.6. The summed E-state index contributed by atoms with van der Waals surface area (Å²) < 4.78 is 1.72. The molecule has 0 aliphatic rings. The Morgan fingerprint density at radius 2 is 1.85 bits per heavy atom. The molecule has 0 fully saturated rings. The van der Waals surface area contributed by atoms with Crippen LogP contribution in [0.4, 0.5) is 5.69 Å². The number of halogens is 1. The molecule has 0 aliphatic heterocycles. The van der Waals surface area contributed by atoms with Gasteiger partial charge in [0, 0.05) is 39.8 Å². The number of pyridine rings is 1. The molecule has 0 saturated heterocycles. The monoisotopic (exact) mass is 382 g/mol. The number of aryl methyl sites for hydroxylation is 1. The van der Waals surface area contributed by atoms with Crippen molar-refractivity contribution in [2.24, 2.45) is 5.41 Å². The number of nitrogens with one attached hydrogen (secondary N) is 1. The number of amides is 1. The summed E-state index contributed by atoms with van der Waals surface area (Å²) in [6.45, 7) is 8.75. The van der Waals surface area contributed by atoms with Crippen LogP contribution in [0.2, 0.25) is 5.02 Å². The van der Waals surface area contributed by atoms with Crippen molar-refractivity contribution in [3.63, 3.8) is 0 Å². The number of hydrogen-bond acceptors (Lipinski definition) is 2. The molecule has 5 heteroatoms. The van der Waals surface area contributed by atoms with Gasteiger partial charge in [-0.25, -0.2) is 0 Å². The number of fused-ring (bicyclic) bond motifs is 1. The molecule has 1 N–H and O–H groups in total. The lowest BCUT2D eigenvalue weighted by atomic mass is 9.96. The third-order valence-corrected chi connectivity index (χ3v) is 4.58. The maximum absolute atomic E-state index is 12.8. The highest BCUT2D eigenvalue weighted by Gasteiger charge is 2.15. The average Bonchev–Trinajstić information content (AvgIpc) is 2.56. The Labute approximate surface area is 163 Å². The van der Waals surface area contributed by atoms with E-state index in [1.807, 2.05) is 13.0 Å². The van der Waals surface area contributed by atoms with Crippen molar-refractivity contribution in [3.05, 3.63) is 75.2 Å². The molecule has 0 radical (unpaired) electrons. The Bertz CT molecular complexity index is 1080. The van der Waals surface area contributed by atoms with E-state index in [0.29, 0.717) is 28.2 Å². The fourth-order valence-electron chi connectivity index (χ4n) is 3.13. The minimum Gasteiger partial charge on any atom is -0.321 e. The van der Waals surface area contributed by atoms with E-state index in [0.717, 1.165) is 10.9 Å². The highest BCUT2D eigenvalue weighted by molar-refractivity contribution is 6.30. The molecule has 0 bridgehead atoms. The van der Waals surface area contributed by atoms with Crippen molar-refractivity contribution in [3.8, 4) is 0 Å². The van der Waals surface area contributed by atoms with Crippen molar-refractivity contribution in [2.75, 3.05) is 5.32 Å². The number of nitrogens with zero attached hydrogens (tertiary/aromatic N) is 1. The number of benzene rings is 2. The number of rotatable bonds is 3. The molecule has 0 spiro atoms. The van der Waals surface area contributed by atoms with Gasteiger partial charge in [-0.2, -0.15) is 0 Å². The van der Waals surface area contributed by atoms with Crippen LogP contribution in [0, 0.1) is 12.3 Å². The fourth-order valence-corrected chi connectivity index (χ4v) is 3.36. The zero-order chi connectivity index (χ0) is 19.8. The van der Waals surface area contributed by atoms with Crippen LogP contribution in [0.25, 0.3) is 10.8 Å². The number of carbonyl (C=O) groups is 1. The second kappa shape index (κ2) is 7.20. The fraction of sp³-hybridized carbons (Fsp3) is 0.273. The van der Waals surface area contributed by atoms with E-state index in [1.54, 1.807) is 47.2 Å². The predicted molar refractivity (Wildman–Crippen MR) is 112 cm³/mol. The number of hydrogen-bond donors (Lipinski definition) is 1. The number of carbonyl (C=O) groups excluding carboxylic acids is 1. The maximum Gasteiger partial charge on any atom is 0.258 e. The van der Waals surface area contributed by atoms with Gasteiger partial charge in [-0.05, 0) is 54.3 Å². The molecular weight excluding hydrogens is 360 g/mol. The average molecular weight is 383 g/mol. The van der Waals surface area contributed by atoms with Gasteiger partial charge in [-0.1, -0.05) is 38.4 Å². The smallest absolute Gasteiger partial charge is 0.258 e. The van der Waals surface area contributed by atoms with E-state index in [1.165, 1.54) is 0 Å². The van der Waals surface area contributed by atoms with Crippen LogP contribution in [0.3, 0.4) is 0 Å². The minimum atomic E-state index is -0.226. The Morgan fingerprint density at radius 1 is 1.11 bits per heavy atom. The van der Waals surface area contributed by atoms with E-state index < -0.39 is 0 Å². The molecular formula is C22H23ClN2O2. The van der Waals surface area contributed by atoms with Gasteiger partial charge >= 0.3 is 0 Å². The first-order valence-corrected chi connectivity index (χ1v) is 9.23. The third-order valence-electron chi connectivity index (χ3n) is 4.34. The summed E-state index contributed by atoms with van der Waals surface area (Å²) in [4.78, 5) is 25.5. The summed E-state index contributed by atoms with van der Waals surface area (Å²) in [6, 6.07) is 12.4. The molecule has 4 nitrogen and oxygen atoms in total. The van der Waals surface area contributed by atoms with Crippen LogP contribution in [-0.2, 0) is 6.54 Å². The highest BCUT2D eigenvalue weighted by atomic mass is 35.5. The van der Waals surface area contributed by atoms with Crippen LogP contribution >= 0.6 is 11.6 Å². The maximum atomic E-state index is 12.8. The van der Waals surface area contributed by atoms with Gasteiger partial charge in [-0.3, -0.25) is 9.59 Å². The van der Waals surface area contributed by atoms with Gasteiger partial charge in [0.25, 0.3) is 11.5 Å². The van der Waals surface area contributed by atoms with Gasteiger partial charge in [0.15, 0.2) is 0 Å². The molecule has 1 amide bonds. The summed E-state index contributed by atoms with van der Waals surface area (Å²) in [5.74, 6) is -0.226. The molecule has 2 aromatic carbocycles. The third kappa shape index (κ3) is 4.22. The molecule has 0 atom stereocenters. The lowest BCUT2D eigenvalue weighted by Gasteiger charge is -2.20. The first kappa shape index (κ1) is 19.2. The van der Waals surface area contributed by atoms with Crippen LogP contribution < -0.4 is 10.9 Å². The lowest BCUT2D eigenvalue weighted by molar-refractivity contribution is 0.102. The molecule has 140 valence electrons. The van der Waals surface area contributed by atoms with Gasteiger partial charge in [0.05, 0.1) is 0 Å². The Kier molecular flexibility index (Phi) is 5.11. The van der Waals surface area contributed by atoms with Crippen molar-refractivity contribution in [1.82, 2.24) is 4.57 Å². The SMILES string of the molecule is Cc1cc(Cl)ccc1C(=O)Nc1cccc2c(=O)n(CC(C)(C)C)ccc12. The lowest BCUT2D eigenvalue weighted by Crippen LogP contribution is -2.26. The van der Waals surface area contributed by atoms with Crippen LogP contribution in [0.15, 0.2) is 53.5 Å². The van der Waals surface area contributed by atoms with E-state index in [4.69, 9.17) is 11.6 Å². The molecule has 1 heterocycles. The summed E-state index contributed by atoms with van der Waals surface area (Å²) in [5, 5.41) is 4.84. The summed E-state index contributed by atoms with van der Waals surface area (Å²) in [5.41, 5.74) is 1.91. The molecule has 1 aromatic heterocycles. The largest absolute Gasteiger partial charge is 0.321 e. The van der Waals surface area contributed by atoms with E-state index in [2.05, 4.69) is 26.1 Å². The van der Waals surface area contributed by atoms with E-state index >= 15 is 0 Å². The summed E-state index contributed by atoms with van der Waals surface area (Å²) >= 11 is 5.97. The Hall–Kier alpha value is -2.59. The molecule has 3 rings (SSSR count). The minimum absolute atomic E-state index is 0.00452. The van der Waals surface area contributed by atoms with Gasteiger partial charge in [0.1, 0.15) is 0 Å². The zero-order valence-corrected chi connectivity index (χ0v) is 16.7. The van der Waals surface area contributed by atoms with Crippen LogP contribution in [0.1, 0.15) is 36.7 Å². The molecule has 0 unspecified atom stereocenters. The zero-order valence-electron chi connectivity index (χ0n) is 16.0. The highest BCUT2D eigenvalue weighted by Crippen LogP contribution is 2.24. The van der Waals surface area contributed by atoms with Crippen LogP contribution in [0.5, 0.6) is 0 Å². The van der Waals surface area contributed by atoms with Gasteiger partial charge in [0.2, 0.25) is 0 Å². The van der Waals surface area contributed by atoms with Crippen molar-refractivity contribution in [1.29, 1.82) is 0 Å². The Balaban J connectivity index is 1.99. The summed E-state index contributed by atoms with van der Waals surface area (Å²) in [7, 11) is 0. The Morgan fingerprint density at radius 3 is 2.52 bits per heavy atom. The quantitative estimate of drug-likeness (QED) is 0.671. The molecule has 3 aromatic rings. The summed E-state index contributed by atoms with van der Waals surface area (Å²) in [6.07, 6.45) is 1.79. The van der Waals surface area contributed by atoms with Crippen molar-refractivity contribution < 1.29 is 4.79 Å². The second-order valence-corrected chi connectivity index (χ2v) is 8.43. The van der Waals surface area contributed by atoms with Gasteiger partial charge < -0.3 is 9.88 Å². The number of aromatic nitrogens is 1. The number of anilines is 1. The second-order valence-electron chi connectivity index (χ2n) is 7.99. The molecule has 0 aliphatic carbocycles. The standard InChI is InChI=1S/C22H23ClN2O2/c1-14-12-15(23)8-9-16(14)20(26)24-19-7-5-6-18-17(19)10-11-25(21(18)27)13-22(2,3)4/h5-12H,13H2,1-4H3,(H,24,26). The van der Waals surface area contributed by atoms with Crippen molar-refractivity contribution in [2.45, 2.75) is 34.2 Å². The van der Waals surface area contributed by atoms with Crippen molar-refractivity contribution >= 4 is 34.0 Å². The molecule has 0 saturated carbocycles. The first-order chi connectivity index (χ1) is 12.7.